The van der Waals surface area contributed by atoms with Crippen LogP contribution in [0.2, 0.25) is 0 Å². The summed E-state index contributed by atoms with van der Waals surface area (Å²) >= 11 is 0. The number of nitrogens with zero attached hydrogens (tertiary/aromatic N) is 3. The van der Waals surface area contributed by atoms with Crippen molar-refractivity contribution in [2.24, 2.45) is 0 Å². The van der Waals surface area contributed by atoms with Crippen molar-refractivity contribution >= 4 is 43.9 Å². The quantitative estimate of drug-likeness (QED) is 0.187. The van der Waals surface area contributed by atoms with Crippen molar-refractivity contribution in [3.63, 3.8) is 0 Å². The van der Waals surface area contributed by atoms with E-state index in [4.69, 9.17) is 23.8 Å². The van der Waals surface area contributed by atoms with Crippen LogP contribution >= 0.6 is 0 Å². The summed E-state index contributed by atoms with van der Waals surface area (Å²) in [6.07, 6.45) is 0. The smallest absolute Gasteiger partial charge is 0.164 e. The largest absolute Gasteiger partial charge is 0.456 e. The molecule has 3 aromatic heterocycles. The van der Waals surface area contributed by atoms with Crippen LogP contribution in [0.15, 0.2) is 173 Å². The number of aromatic nitrogens is 3. The zero-order valence-corrected chi connectivity index (χ0v) is 26.7. The van der Waals surface area contributed by atoms with Gasteiger partial charge >= 0.3 is 0 Å². The number of para-hydroxylation sites is 1. The summed E-state index contributed by atoms with van der Waals surface area (Å²) in [6.45, 7) is 0. The minimum Gasteiger partial charge on any atom is -0.456 e. The fraction of sp³-hybridized carbons (Fsp3) is 0. The van der Waals surface area contributed by atoms with Gasteiger partial charge in [0.15, 0.2) is 17.5 Å². The maximum atomic E-state index is 6.68. The van der Waals surface area contributed by atoms with E-state index in [1.807, 2.05) is 72.8 Å². The molecule has 0 bridgehead atoms. The second-order valence-corrected chi connectivity index (χ2v) is 12.4. The van der Waals surface area contributed by atoms with Crippen LogP contribution in [0.4, 0.5) is 0 Å². The van der Waals surface area contributed by atoms with Gasteiger partial charge in [-0.3, -0.25) is 0 Å². The lowest BCUT2D eigenvalue weighted by Gasteiger charge is -2.08. The highest BCUT2D eigenvalue weighted by Crippen LogP contribution is 2.40. The van der Waals surface area contributed by atoms with Crippen molar-refractivity contribution in [3.05, 3.63) is 164 Å². The third-order valence-corrected chi connectivity index (χ3v) is 9.35. The first-order valence-corrected chi connectivity index (χ1v) is 16.6. The van der Waals surface area contributed by atoms with Gasteiger partial charge in [-0.1, -0.05) is 127 Å². The number of fused-ring (bicyclic) bond motifs is 6. The summed E-state index contributed by atoms with van der Waals surface area (Å²) in [5, 5.41) is 4.25. The minimum atomic E-state index is 0.591. The van der Waals surface area contributed by atoms with E-state index in [0.717, 1.165) is 77.3 Å². The molecule has 0 saturated carbocycles. The highest BCUT2D eigenvalue weighted by atomic mass is 16.3. The van der Waals surface area contributed by atoms with Crippen molar-refractivity contribution in [3.8, 4) is 56.4 Å². The van der Waals surface area contributed by atoms with E-state index < -0.39 is 0 Å². The molecule has 0 saturated heterocycles. The van der Waals surface area contributed by atoms with Crippen LogP contribution < -0.4 is 0 Å². The Morgan fingerprint density at radius 2 is 0.840 bits per heavy atom. The highest BCUT2D eigenvalue weighted by molar-refractivity contribution is 6.12. The third kappa shape index (κ3) is 4.75. The Hall–Kier alpha value is -6.85. The van der Waals surface area contributed by atoms with E-state index in [-0.39, 0.29) is 0 Å². The number of hydrogen-bond donors (Lipinski definition) is 0. The molecule has 0 radical (unpaired) electrons. The van der Waals surface area contributed by atoms with Gasteiger partial charge in [0.1, 0.15) is 22.3 Å². The lowest BCUT2D eigenvalue weighted by molar-refractivity contribution is 0.668. The molecule has 0 N–H and O–H groups in total. The first-order chi connectivity index (χ1) is 24.7. The van der Waals surface area contributed by atoms with E-state index in [1.165, 1.54) is 5.56 Å². The lowest BCUT2D eigenvalue weighted by atomic mass is 9.99. The molecule has 0 unspecified atom stereocenters. The molecule has 0 fully saturated rings. The molecule has 0 amide bonds. The standard InChI is InChI=1S/C45H27N3O2/c1-4-11-28(12-5-1)31-19-22-36-38-25-32(21-24-39(38)49-40(36)26-31)34-17-10-18-37-35-23-20-33(27-41(35)50-42(34)37)45-47-43(29-13-6-2-7-14-29)46-44(48-45)30-15-8-3-9-16-30/h1-27H. The first-order valence-electron chi connectivity index (χ1n) is 16.6. The van der Waals surface area contributed by atoms with Crippen LogP contribution in [0.25, 0.3) is 100 Å². The van der Waals surface area contributed by atoms with Crippen molar-refractivity contribution in [1.29, 1.82) is 0 Å². The fourth-order valence-corrected chi connectivity index (χ4v) is 6.86. The highest BCUT2D eigenvalue weighted by Gasteiger charge is 2.17. The Morgan fingerprint density at radius 3 is 1.52 bits per heavy atom. The van der Waals surface area contributed by atoms with Crippen LogP contribution in [0, 0.1) is 0 Å². The molecule has 5 nitrogen and oxygen atoms in total. The summed E-state index contributed by atoms with van der Waals surface area (Å²) in [7, 11) is 0. The average Bonchev–Trinajstić information content (AvgIpc) is 3.76. The Balaban J connectivity index is 1.08. The number of rotatable bonds is 5. The van der Waals surface area contributed by atoms with Crippen LogP contribution in [0.5, 0.6) is 0 Å². The number of furan rings is 2. The SMILES string of the molecule is c1ccc(-c2ccc3c(c2)oc2ccc(-c4cccc5c4oc4cc(-c6nc(-c7ccccc7)nc(-c7ccccc7)n6)ccc45)cc23)cc1. The molecule has 0 atom stereocenters. The van der Waals surface area contributed by atoms with Gasteiger partial charge in [-0.2, -0.15) is 0 Å². The predicted molar refractivity (Wildman–Crippen MR) is 202 cm³/mol. The Kier molecular flexibility index (Phi) is 6.42. The zero-order chi connectivity index (χ0) is 33.0. The molecule has 0 aliphatic heterocycles. The maximum Gasteiger partial charge on any atom is 0.164 e. The molecule has 234 valence electrons. The molecular formula is C45H27N3O2. The van der Waals surface area contributed by atoms with Gasteiger partial charge in [-0.25, -0.2) is 15.0 Å². The van der Waals surface area contributed by atoms with Gasteiger partial charge in [-0.05, 0) is 53.1 Å². The predicted octanol–water partition coefficient (Wildman–Crippen LogP) is 12.0. The average molecular weight is 642 g/mol. The van der Waals surface area contributed by atoms with E-state index in [0.29, 0.717) is 17.5 Å². The topological polar surface area (TPSA) is 65.0 Å². The molecular weight excluding hydrogens is 615 g/mol. The molecule has 7 aromatic carbocycles. The van der Waals surface area contributed by atoms with E-state index >= 15 is 0 Å². The second kappa shape index (κ2) is 11.4. The molecule has 3 heterocycles. The van der Waals surface area contributed by atoms with E-state index in [9.17, 15) is 0 Å². The van der Waals surface area contributed by atoms with Gasteiger partial charge in [0.25, 0.3) is 0 Å². The lowest BCUT2D eigenvalue weighted by Crippen LogP contribution is -2.00. The van der Waals surface area contributed by atoms with Crippen molar-refractivity contribution < 1.29 is 8.83 Å². The zero-order valence-electron chi connectivity index (χ0n) is 26.7. The van der Waals surface area contributed by atoms with Crippen molar-refractivity contribution in [2.75, 3.05) is 0 Å². The van der Waals surface area contributed by atoms with Gasteiger partial charge in [0.05, 0.1) is 0 Å². The maximum absolute atomic E-state index is 6.68. The monoisotopic (exact) mass is 641 g/mol. The molecule has 10 rings (SSSR count). The Bertz CT molecular complexity index is 2800. The normalized spacial score (nSPS) is 11.6. The molecule has 0 spiro atoms. The van der Waals surface area contributed by atoms with Gasteiger partial charge in [0.2, 0.25) is 0 Å². The summed E-state index contributed by atoms with van der Waals surface area (Å²) in [6, 6.07) is 55.8. The van der Waals surface area contributed by atoms with E-state index in [2.05, 4.69) is 91.0 Å². The Labute approximate surface area is 287 Å². The second-order valence-electron chi connectivity index (χ2n) is 12.4. The molecule has 50 heavy (non-hydrogen) atoms. The molecule has 5 heteroatoms. The fourth-order valence-electron chi connectivity index (χ4n) is 6.86. The summed E-state index contributed by atoms with van der Waals surface area (Å²) in [5.41, 5.74) is 10.5. The molecule has 0 aliphatic rings. The Morgan fingerprint density at radius 1 is 0.300 bits per heavy atom. The number of benzene rings is 7. The molecule has 0 aliphatic carbocycles. The minimum absolute atomic E-state index is 0.591. The summed E-state index contributed by atoms with van der Waals surface area (Å²) in [5.74, 6) is 1.84. The first kappa shape index (κ1) is 28.2. The third-order valence-electron chi connectivity index (χ3n) is 9.35. The summed E-state index contributed by atoms with van der Waals surface area (Å²) < 4.78 is 13.0. The summed E-state index contributed by atoms with van der Waals surface area (Å²) in [4.78, 5) is 14.7. The van der Waals surface area contributed by atoms with Gasteiger partial charge in [-0.15, -0.1) is 0 Å². The van der Waals surface area contributed by atoms with Crippen LogP contribution in [0.1, 0.15) is 0 Å². The molecule has 10 aromatic rings. The van der Waals surface area contributed by atoms with Crippen molar-refractivity contribution in [1.82, 2.24) is 15.0 Å². The van der Waals surface area contributed by atoms with E-state index in [1.54, 1.807) is 0 Å². The van der Waals surface area contributed by atoms with Crippen LogP contribution in [0.3, 0.4) is 0 Å². The van der Waals surface area contributed by atoms with Crippen LogP contribution in [-0.4, -0.2) is 15.0 Å². The van der Waals surface area contributed by atoms with Gasteiger partial charge < -0.3 is 8.83 Å². The van der Waals surface area contributed by atoms with Crippen molar-refractivity contribution in [2.45, 2.75) is 0 Å². The number of hydrogen-bond acceptors (Lipinski definition) is 5. The van der Waals surface area contributed by atoms with Gasteiger partial charge in [0, 0.05) is 43.8 Å². The van der Waals surface area contributed by atoms with Crippen LogP contribution in [-0.2, 0) is 0 Å².